The van der Waals surface area contributed by atoms with E-state index in [1.807, 2.05) is 6.92 Å². The van der Waals surface area contributed by atoms with Crippen molar-refractivity contribution in [3.8, 4) is 0 Å². The highest BCUT2D eigenvalue weighted by Crippen LogP contribution is 2.26. The van der Waals surface area contributed by atoms with Gasteiger partial charge in [0.25, 0.3) is 10.0 Å². The van der Waals surface area contributed by atoms with Gasteiger partial charge in [-0.3, -0.25) is 9.10 Å². The molecule has 0 saturated heterocycles. The first-order valence-corrected chi connectivity index (χ1v) is 10.9. The molecule has 3 aromatic carbocycles. The summed E-state index contributed by atoms with van der Waals surface area (Å²) in [5.41, 5.74) is 1.89. The van der Waals surface area contributed by atoms with Gasteiger partial charge in [-0.05, 0) is 55.0 Å². The van der Waals surface area contributed by atoms with Crippen LogP contribution in [0.2, 0.25) is 5.02 Å². The highest BCUT2D eigenvalue weighted by atomic mass is 35.5. The molecule has 0 saturated carbocycles. The van der Waals surface area contributed by atoms with Crippen LogP contribution in [0.5, 0.6) is 0 Å². The first-order chi connectivity index (χ1) is 14.3. The minimum Gasteiger partial charge on any atom is -0.350 e. The van der Waals surface area contributed by atoms with Crippen molar-refractivity contribution in [3.63, 3.8) is 0 Å². The standard InChI is InChI=1S/C22H20ClFN2O3S/c1-16-5-11-21(12-6-16)30(28,29)26(20-4-2-3-18(23)13-20)15-22(27)25-14-17-7-9-19(24)10-8-17/h2-13H,14-15H2,1H3,(H,25,27). The van der Waals surface area contributed by atoms with E-state index in [1.54, 1.807) is 42.5 Å². The zero-order valence-electron chi connectivity index (χ0n) is 16.2. The fourth-order valence-electron chi connectivity index (χ4n) is 2.77. The number of sulfonamides is 1. The van der Waals surface area contributed by atoms with E-state index in [4.69, 9.17) is 11.6 Å². The third-order valence-electron chi connectivity index (χ3n) is 4.40. The van der Waals surface area contributed by atoms with Crippen molar-refractivity contribution >= 4 is 33.2 Å². The molecule has 0 atom stereocenters. The maximum absolute atomic E-state index is 13.3. The van der Waals surface area contributed by atoms with Gasteiger partial charge in [-0.25, -0.2) is 12.8 Å². The summed E-state index contributed by atoms with van der Waals surface area (Å²) < 4.78 is 40.6. The predicted octanol–water partition coefficient (Wildman–Crippen LogP) is 4.30. The zero-order valence-corrected chi connectivity index (χ0v) is 17.8. The first kappa shape index (κ1) is 21.8. The number of nitrogens with zero attached hydrogens (tertiary/aromatic N) is 1. The summed E-state index contributed by atoms with van der Waals surface area (Å²) in [7, 11) is -4.01. The SMILES string of the molecule is Cc1ccc(S(=O)(=O)N(CC(=O)NCc2ccc(F)cc2)c2cccc(Cl)c2)cc1. The van der Waals surface area contributed by atoms with Crippen LogP contribution in [0, 0.1) is 12.7 Å². The minimum absolute atomic E-state index is 0.0689. The van der Waals surface area contributed by atoms with Crippen molar-refractivity contribution in [2.45, 2.75) is 18.4 Å². The maximum atomic E-state index is 13.3. The quantitative estimate of drug-likeness (QED) is 0.588. The van der Waals surface area contributed by atoms with Crippen LogP contribution in [0.25, 0.3) is 0 Å². The van der Waals surface area contributed by atoms with Crippen LogP contribution in [0.1, 0.15) is 11.1 Å². The van der Waals surface area contributed by atoms with Gasteiger partial charge >= 0.3 is 0 Å². The lowest BCUT2D eigenvalue weighted by molar-refractivity contribution is -0.119. The molecule has 0 unspecified atom stereocenters. The Balaban J connectivity index is 1.85. The Bertz CT molecular complexity index is 1130. The minimum atomic E-state index is -4.01. The van der Waals surface area contributed by atoms with Gasteiger partial charge in [0.1, 0.15) is 12.4 Å². The molecule has 0 aliphatic heterocycles. The average Bonchev–Trinajstić information content (AvgIpc) is 2.72. The van der Waals surface area contributed by atoms with Crippen LogP contribution in [0.4, 0.5) is 10.1 Å². The number of hydrogen-bond donors (Lipinski definition) is 1. The van der Waals surface area contributed by atoms with E-state index in [2.05, 4.69) is 5.32 Å². The average molecular weight is 447 g/mol. The molecule has 0 aliphatic carbocycles. The predicted molar refractivity (Wildman–Crippen MR) is 115 cm³/mol. The van der Waals surface area contributed by atoms with E-state index in [0.717, 1.165) is 9.87 Å². The van der Waals surface area contributed by atoms with E-state index in [1.165, 1.54) is 30.3 Å². The fraction of sp³-hybridized carbons (Fsp3) is 0.136. The Hall–Kier alpha value is -2.90. The van der Waals surface area contributed by atoms with Gasteiger partial charge in [-0.1, -0.05) is 47.5 Å². The largest absolute Gasteiger partial charge is 0.350 e. The number of halogens is 2. The first-order valence-electron chi connectivity index (χ1n) is 9.12. The summed E-state index contributed by atoms with van der Waals surface area (Å²) in [4.78, 5) is 12.6. The molecule has 0 spiro atoms. The molecule has 30 heavy (non-hydrogen) atoms. The molecule has 5 nitrogen and oxygen atoms in total. The molecule has 0 aliphatic rings. The Labute approximate surface area is 180 Å². The summed E-state index contributed by atoms with van der Waals surface area (Å²) in [6.07, 6.45) is 0. The second-order valence-corrected chi connectivity index (χ2v) is 9.01. The van der Waals surface area contributed by atoms with Crippen molar-refractivity contribution in [3.05, 3.63) is 94.8 Å². The molecular formula is C22H20ClFN2O3S. The van der Waals surface area contributed by atoms with Crippen molar-refractivity contribution in [2.75, 3.05) is 10.8 Å². The molecule has 3 rings (SSSR count). The lowest BCUT2D eigenvalue weighted by Crippen LogP contribution is -2.40. The van der Waals surface area contributed by atoms with Crippen LogP contribution in [0.3, 0.4) is 0 Å². The van der Waals surface area contributed by atoms with Crippen molar-refractivity contribution in [1.29, 1.82) is 0 Å². The number of carbonyl (C=O) groups is 1. The molecule has 0 fully saturated rings. The number of rotatable bonds is 7. The summed E-state index contributed by atoms with van der Waals surface area (Å²) in [5.74, 6) is -0.878. The van der Waals surface area contributed by atoms with E-state index >= 15 is 0 Å². The molecule has 156 valence electrons. The summed E-state index contributed by atoms with van der Waals surface area (Å²) in [6, 6.07) is 18.4. The molecule has 0 bridgehead atoms. The zero-order chi connectivity index (χ0) is 21.7. The van der Waals surface area contributed by atoms with Crippen molar-refractivity contribution in [2.24, 2.45) is 0 Å². The molecule has 0 heterocycles. The van der Waals surface area contributed by atoms with Crippen LogP contribution in [-0.4, -0.2) is 20.9 Å². The third-order valence-corrected chi connectivity index (χ3v) is 6.42. The van der Waals surface area contributed by atoms with Crippen LogP contribution in [-0.2, 0) is 21.4 Å². The van der Waals surface area contributed by atoms with Crippen molar-refractivity contribution in [1.82, 2.24) is 5.32 Å². The van der Waals surface area contributed by atoms with E-state index in [9.17, 15) is 17.6 Å². The Kier molecular flexibility index (Phi) is 6.74. The van der Waals surface area contributed by atoms with Crippen LogP contribution >= 0.6 is 11.6 Å². The van der Waals surface area contributed by atoms with E-state index < -0.39 is 22.5 Å². The number of benzene rings is 3. The van der Waals surface area contributed by atoms with E-state index in [-0.39, 0.29) is 22.9 Å². The number of aryl methyl sites for hydroxylation is 1. The Morgan fingerprint density at radius 2 is 1.70 bits per heavy atom. The topological polar surface area (TPSA) is 66.5 Å². The van der Waals surface area contributed by atoms with Gasteiger partial charge in [0, 0.05) is 11.6 Å². The van der Waals surface area contributed by atoms with Crippen LogP contribution < -0.4 is 9.62 Å². The van der Waals surface area contributed by atoms with Gasteiger partial charge in [0.05, 0.1) is 10.6 Å². The van der Waals surface area contributed by atoms with Gasteiger partial charge in [0.2, 0.25) is 5.91 Å². The molecule has 0 aromatic heterocycles. The molecule has 1 amide bonds. The normalized spacial score (nSPS) is 11.2. The molecule has 0 radical (unpaired) electrons. The summed E-state index contributed by atoms with van der Waals surface area (Å²) in [6.45, 7) is 1.57. The smallest absolute Gasteiger partial charge is 0.264 e. The number of carbonyl (C=O) groups excluding carboxylic acids is 1. The summed E-state index contributed by atoms with van der Waals surface area (Å²) in [5, 5.41) is 3.02. The van der Waals surface area contributed by atoms with Crippen molar-refractivity contribution < 1.29 is 17.6 Å². The molecular weight excluding hydrogens is 427 g/mol. The number of anilines is 1. The highest BCUT2D eigenvalue weighted by molar-refractivity contribution is 7.92. The lowest BCUT2D eigenvalue weighted by atomic mass is 10.2. The number of amides is 1. The fourth-order valence-corrected chi connectivity index (χ4v) is 4.37. The lowest BCUT2D eigenvalue weighted by Gasteiger charge is -2.24. The molecule has 3 aromatic rings. The second-order valence-electron chi connectivity index (χ2n) is 6.71. The Morgan fingerprint density at radius 3 is 2.33 bits per heavy atom. The second kappa shape index (κ2) is 9.28. The molecule has 1 N–H and O–H groups in total. The maximum Gasteiger partial charge on any atom is 0.264 e. The van der Waals surface area contributed by atoms with Gasteiger partial charge in [0.15, 0.2) is 0 Å². The van der Waals surface area contributed by atoms with Crippen LogP contribution in [0.15, 0.2) is 77.7 Å². The number of nitrogens with one attached hydrogen (secondary N) is 1. The van der Waals surface area contributed by atoms with Gasteiger partial charge < -0.3 is 5.32 Å². The van der Waals surface area contributed by atoms with Gasteiger partial charge in [-0.2, -0.15) is 0 Å². The number of hydrogen-bond acceptors (Lipinski definition) is 3. The highest BCUT2D eigenvalue weighted by Gasteiger charge is 2.27. The van der Waals surface area contributed by atoms with E-state index in [0.29, 0.717) is 10.6 Å². The third kappa shape index (κ3) is 5.37. The summed E-state index contributed by atoms with van der Waals surface area (Å²) >= 11 is 6.04. The Morgan fingerprint density at radius 1 is 1.03 bits per heavy atom. The monoisotopic (exact) mass is 446 g/mol. The van der Waals surface area contributed by atoms with Gasteiger partial charge in [-0.15, -0.1) is 0 Å². The molecule has 8 heteroatoms.